The van der Waals surface area contributed by atoms with Crippen LogP contribution in [0.25, 0.3) is 0 Å². The number of rotatable bonds is 9. The number of amides is 1. The van der Waals surface area contributed by atoms with Crippen LogP contribution in [0, 0.1) is 6.92 Å². The van der Waals surface area contributed by atoms with Gasteiger partial charge in [-0.1, -0.05) is 59.6 Å². The highest BCUT2D eigenvalue weighted by atomic mass is 35.5. The summed E-state index contributed by atoms with van der Waals surface area (Å²) in [5.74, 6) is 0.103. The van der Waals surface area contributed by atoms with Crippen LogP contribution in [0.5, 0.6) is 5.75 Å². The Morgan fingerprint density at radius 3 is 2.39 bits per heavy atom. The SMILES string of the molecule is COc1ccc(S(=O)(=O)N[C@H](Cc2ccccc2)C(=O)NCc2ccc(Cl)cc2Cl)cc1C. The van der Waals surface area contributed by atoms with Crippen molar-refractivity contribution in [1.29, 1.82) is 0 Å². The molecule has 0 heterocycles. The minimum atomic E-state index is -3.98. The third kappa shape index (κ3) is 6.71. The summed E-state index contributed by atoms with van der Waals surface area (Å²) in [6.07, 6.45) is 0.176. The van der Waals surface area contributed by atoms with Crippen molar-refractivity contribution in [1.82, 2.24) is 10.0 Å². The van der Waals surface area contributed by atoms with Crippen molar-refractivity contribution in [3.63, 3.8) is 0 Å². The van der Waals surface area contributed by atoms with E-state index in [9.17, 15) is 13.2 Å². The maximum absolute atomic E-state index is 13.1. The van der Waals surface area contributed by atoms with Gasteiger partial charge in [-0.15, -0.1) is 0 Å². The second-order valence-electron chi connectivity index (χ2n) is 7.45. The van der Waals surface area contributed by atoms with Crippen LogP contribution in [0.1, 0.15) is 16.7 Å². The van der Waals surface area contributed by atoms with E-state index in [0.717, 1.165) is 5.56 Å². The van der Waals surface area contributed by atoms with Crippen molar-refractivity contribution >= 4 is 39.1 Å². The number of carbonyl (C=O) groups excluding carboxylic acids is 1. The standard InChI is InChI=1S/C24H24Cl2N2O4S/c1-16-12-20(10-11-23(16)32-2)33(30,31)28-22(13-17-6-4-3-5-7-17)24(29)27-15-18-8-9-19(25)14-21(18)26/h3-12,14,22,28H,13,15H2,1-2H3,(H,27,29)/t22-/m1/s1. The number of nitrogens with one attached hydrogen (secondary N) is 2. The third-order valence-electron chi connectivity index (χ3n) is 5.04. The molecule has 0 aliphatic heterocycles. The van der Waals surface area contributed by atoms with Gasteiger partial charge in [0.25, 0.3) is 0 Å². The van der Waals surface area contributed by atoms with Crippen LogP contribution in [0.4, 0.5) is 0 Å². The molecule has 3 aromatic carbocycles. The van der Waals surface area contributed by atoms with Crippen molar-refractivity contribution in [3.8, 4) is 5.75 Å². The summed E-state index contributed by atoms with van der Waals surface area (Å²) in [7, 11) is -2.46. The molecule has 0 unspecified atom stereocenters. The van der Waals surface area contributed by atoms with Gasteiger partial charge in [0.1, 0.15) is 11.8 Å². The largest absolute Gasteiger partial charge is 0.496 e. The Balaban J connectivity index is 1.82. The van der Waals surface area contributed by atoms with Crippen LogP contribution in [0.3, 0.4) is 0 Å². The van der Waals surface area contributed by atoms with Gasteiger partial charge in [0.05, 0.1) is 12.0 Å². The van der Waals surface area contributed by atoms with Gasteiger partial charge in [-0.2, -0.15) is 4.72 Å². The first kappa shape index (κ1) is 25.1. The van der Waals surface area contributed by atoms with Gasteiger partial charge in [0.15, 0.2) is 0 Å². The molecular weight excluding hydrogens is 483 g/mol. The Bertz CT molecular complexity index is 1230. The average Bonchev–Trinajstić information content (AvgIpc) is 2.78. The van der Waals surface area contributed by atoms with Crippen LogP contribution >= 0.6 is 23.2 Å². The number of methoxy groups -OCH3 is 1. The number of hydrogen-bond donors (Lipinski definition) is 2. The quantitative estimate of drug-likeness (QED) is 0.446. The fourth-order valence-electron chi connectivity index (χ4n) is 3.28. The van der Waals surface area contributed by atoms with Gasteiger partial charge >= 0.3 is 0 Å². The van der Waals surface area contributed by atoms with Crippen LogP contribution < -0.4 is 14.8 Å². The molecule has 0 aliphatic carbocycles. The molecule has 174 valence electrons. The first-order chi connectivity index (χ1) is 15.7. The molecule has 3 rings (SSSR count). The first-order valence-corrected chi connectivity index (χ1v) is 12.4. The summed E-state index contributed by atoms with van der Waals surface area (Å²) in [4.78, 5) is 13.1. The molecule has 33 heavy (non-hydrogen) atoms. The number of benzene rings is 3. The molecule has 2 N–H and O–H groups in total. The zero-order valence-electron chi connectivity index (χ0n) is 18.1. The van der Waals surface area contributed by atoms with E-state index in [1.54, 1.807) is 31.2 Å². The zero-order valence-corrected chi connectivity index (χ0v) is 20.5. The predicted molar refractivity (Wildman–Crippen MR) is 130 cm³/mol. The maximum Gasteiger partial charge on any atom is 0.241 e. The number of aryl methyl sites for hydroxylation is 1. The predicted octanol–water partition coefficient (Wildman–Crippen LogP) is 4.52. The van der Waals surface area contributed by atoms with Crippen LogP contribution in [-0.2, 0) is 27.8 Å². The van der Waals surface area contributed by atoms with E-state index >= 15 is 0 Å². The van der Waals surface area contributed by atoms with Crippen molar-refractivity contribution < 1.29 is 17.9 Å². The van der Waals surface area contributed by atoms with Crippen molar-refractivity contribution in [2.45, 2.75) is 30.8 Å². The van der Waals surface area contributed by atoms with Crippen LogP contribution in [0.2, 0.25) is 10.0 Å². The van der Waals surface area contributed by atoms with E-state index < -0.39 is 22.0 Å². The van der Waals surface area contributed by atoms with Crippen molar-refractivity contribution in [3.05, 3.63) is 93.5 Å². The van der Waals surface area contributed by atoms with Gasteiger partial charge < -0.3 is 10.1 Å². The van der Waals surface area contributed by atoms with Crippen molar-refractivity contribution in [2.75, 3.05) is 7.11 Å². The van der Waals surface area contributed by atoms with Crippen LogP contribution in [-0.4, -0.2) is 27.5 Å². The fourth-order valence-corrected chi connectivity index (χ4v) is 5.04. The number of ether oxygens (including phenoxy) is 1. The highest BCUT2D eigenvalue weighted by molar-refractivity contribution is 7.89. The molecule has 1 atom stereocenters. The third-order valence-corrected chi connectivity index (χ3v) is 7.10. The highest BCUT2D eigenvalue weighted by Crippen LogP contribution is 2.22. The first-order valence-electron chi connectivity index (χ1n) is 10.1. The molecule has 0 fully saturated rings. The summed E-state index contributed by atoms with van der Waals surface area (Å²) >= 11 is 12.1. The molecule has 0 bridgehead atoms. The summed E-state index contributed by atoms with van der Waals surface area (Å²) < 4.78 is 33.9. The molecule has 0 radical (unpaired) electrons. The smallest absolute Gasteiger partial charge is 0.241 e. The molecule has 0 aromatic heterocycles. The molecular formula is C24H24Cl2N2O4S. The normalized spacial score (nSPS) is 12.2. The lowest BCUT2D eigenvalue weighted by Gasteiger charge is -2.19. The van der Waals surface area contributed by atoms with Gasteiger partial charge in [-0.3, -0.25) is 4.79 Å². The Labute approximate surface area is 203 Å². The summed E-state index contributed by atoms with van der Waals surface area (Å²) in [5.41, 5.74) is 2.15. The average molecular weight is 507 g/mol. The Morgan fingerprint density at radius 1 is 1.03 bits per heavy atom. The van der Waals surface area contributed by atoms with Gasteiger partial charge in [-0.25, -0.2) is 8.42 Å². The van der Waals surface area contributed by atoms with E-state index in [4.69, 9.17) is 27.9 Å². The summed E-state index contributed by atoms with van der Waals surface area (Å²) in [6.45, 7) is 1.88. The Morgan fingerprint density at radius 2 is 1.76 bits per heavy atom. The second-order valence-corrected chi connectivity index (χ2v) is 10.0. The Kier molecular flexibility index (Phi) is 8.37. The monoisotopic (exact) mass is 506 g/mol. The molecule has 0 spiro atoms. The lowest BCUT2D eigenvalue weighted by atomic mass is 10.1. The second kappa shape index (κ2) is 11.0. The van der Waals surface area contributed by atoms with E-state index in [1.807, 2.05) is 30.3 Å². The minimum absolute atomic E-state index is 0.0485. The summed E-state index contributed by atoms with van der Waals surface area (Å²) in [6, 6.07) is 17.6. The minimum Gasteiger partial charge on any atom is -0.496 e. The molecule has 0 saturated carbocycles. The van der Waals surface area contributed by atoms with Gasteiger partial charge in [0, 0.05) is 16.6 Å². The zero-order chi connectivity index (χ0) is 24.0. The van der Waals surface area contributed by atoms with E-state index in [2.05, 4.69) is 10.0 Å². The lowest BCUT2D eigenvalue weighted by Crippen LogP contribution is -2.47. The molecule has 0 aliphatic rings. The summed E-state index contributed by atoms with van der Waals surface area (Å²) in [5, 5.41) is 3.67. The molecule has 3 aromatic rings. The molecule has 6 nitrogen and oxygen atoms in total. The van der Waals surface area contributed by atoms with E-state index in [1.165, 1.54) is 19.2 Å². The van der Waals surface area contributed by atoms with Gasteiger partial charge in [-0.05, 0) is 60.4 Å². The van der Waals surface area contributed by atoms with E-state index in [0.29, 0.717) is 26.9 Å². The van der Waals surface area contributed by atoms with E-state index in [-0.39, 0.29) is 17.9 Å². The lowest BCUT2D eigenvalue weighted by molar-refractivity contribution is -0.122. The molecule has 0 saturated heterocycles. The van der Waals surface area contributed by atoms with Gasteiger partial charge in [0.2, 0.25) is 15.9 Å². The number of carbonyl (C=O) groups is 1. The van der Waals surface area contributed by atoms with Crippen LogP contribution in [0.15, 0.2) is 71.6 Å². The Hall–Kier alpha value is -2.58. The number of hydrogen-bond acceptors (Lipinski definition) is 4. The maximum atomic E-state index is 13.1. The highest BCUT2D eigenvalue weighted by Gasteiger charge is 2.26. The number of halogens is 2. The molecule has 1 amide bonds. The molecule has 9 heteroatoms. The number of sulfonamides is 1. The topological polar surface area (TPSA) is 84.5 Å². The van der Waals surface area contributed by atoms with Crippen molar-refractivity contribution in [2.24, 2.45) is 0 Å². The fraction of sp³-hybridized carbons (Fsp3) is 0.208.